The number of nitrogens with one attached hydrogen (secondary N) is 2. The number of aromatic nitrogens is 2. The van der Waals surface area contributed by atoms with E-state index in [0.29, 0.717) is 18.3 Å². The highest BCUT2D eigenvalue weighted by Crippen LogP contribution is 2.32. The number of hydrogen-bond donors (Lipinski definition) is 2. The molecular weight excluding hydrogens is 496 g/mol. The molecule has 10 heteroatoms. The molecule has 2 N–H and O–H groups in total. The van der Waals surface area contributed by atoms with E-state index in [0.717, 1.165) is 42.9 Å². The van der Waals surface area contributed by atoms with E-state index >= 15 is 0 Å². The first kappa shape index (κ1) is 25.0. The maximum atomic E-state index is 13.3. The number of anilines is 1. The van der Waals surface area contributed by atoms with Gasteiger partial charge in [-0.3, -0.25) is 39.0 Å². The first-order valence-corrected chi connectivity index (χ1v) is 13.4. The Morgan fingerprint density at radius 2 is 1.67 bits per heavy atom. The van der Waals surface area contributed by atoms with E-state index in [2.05, 4.69) is 49.6 Å². The van der Waals surface area contributed by atoms with Crippen LogP contribution >= 0.6 is 0 Å². The van der Waals surface area contributed by atoms with E-state index in [-0.39, 0.29) is 24.0 Å². The molecule has 3 aromatic rings. The lowest BCUT2D eigenvalue weighted by Crippen LogP contribution is -2.54. The Morgan fingerprint density at radius 3 is 2.38 bits per heavy atom. The van der Waals surface area contributed by atoms with Crippen molar-refractivity contribution in [3.8, 4) is 0 Å². The molecule has 39 heavy (non-hydrogen) atoms. The summed E-state index contributed by atoms with van der Waals surface area (Å²) in [5.74, 6) is -2.03. The number of carbonyl (C=O) groups excluding carboxylic acids is 4. The Hall–Kier alpha value is -4.31. The molecule has 2 saturated heterocycles. The van der Waals surface area contributed by atoms with Gasteiger partial charge in [0.2, 0.25) is 11.8 Å². The molecule has 6 rings (SSSR count). The van der Waals surface area contributed by atoms with E-state index < -0.39 is 29.7 Å². The molecule has 1 atom stereocenters. The highest BCUT2D eigenvalue weighted by Gasteiger charge is 2.45. The van der Waals surface area contributed by atoms with E-state index in [1.807, 2.05) is 18.5 Å². The van der Waals surface area contributed by atoms with E-state index in [1.54, 1.807) is 18.2 Å². The van der Waals surface area contributed by atoms with Gasteiger partial charge in [-0.15, -0.1) is 0 Å². The van der Waals surface area contributed by atoms with Crippen LogP contribution in [0.5, 0.6) is 0 Å². The predicted molar refractivity (Wildman–Crippen MR) is 143 cm³/mol. The molecular formula is C29H30N6O4. The second kappa shape index (κ2) is 10.5. The summed E-state index contributed by atoms with van der Waals surface area (Å²) in [6.45, 7) is 3.45. The van der Waals surface area contributed by atoms with Gasteiger partial charge in [0, 0.05) is 50.7 Å². The van der Waals surface area contributed by atoms with E-state index in [4.69, 9.17) is 0 Å². The normalized spacial score (nSPS) is 20.3. The van der Waals surface area contributed by atoms with Gasteiger partial charge in [-0.05, 0) is 48.6 Å². The molecule has 2 fully saturated rings. The number of carbonyl (C=O) groups is 4. The van der Waals surface area contributed by atoms with Gasteiger partial charge in [-0.1, -0.05) is 30.3 Å². The molecule has 3 aliphatic heterocycles. The van der Waals surface area contributed by atoms with Crippen LogP contribution in [-0.2, 0) is 22.7 Å². The summed E-state index contributed by atoms with van der Waals surface area (Å²) >= 11 is 0. The summed E-state index contributed by atoms with van der Waals surface area (Å²) in [4.78, 5) is 53.7. The molecule has 10 nitrogen and oxygen atoms in total. The zero-order chi connectivity index (χ0) is 26.9. The third-order valence-corrected chi connectivity index (χ3v) is 7.84. The van der Waals surface area contributed by atoms with E-state index in [1.165, 1.54) is 5.56 Å². The fourth-order valence-electron chi connectivity index (χ4n) is 5.72. The fraction of sp³-hybridized carbons (Fsp3) is 0.345. The van der Waals surface area contributed by atoms with Crippen LogP contribution in [0, 0.1) is 0 Å². The number of piperidine rings is 2. The average molecular weight is 527 g/mol. The fourth-order valence-corrected chi connectivity index (χ4v) is 5.72. The number of benzene rings is 2. The molecule has 0 spiro atoms. The lowest BCUT2D eigenvalue weighted by molar-refractivity contribution is -0.136. The van der Waals surface area contributed by atoms with Gasteiger partial charge in [0.05, 0.1) is 17.2 Å². The summed E-state index contributed by atoms with van der Waals surface area (Å²) in [7, 11) is 0. The zero-order valence-corrected chi connectivity index (χ0v) is 21.5. The van der Waals surface area contributed by atoms with Crippen LogP contribution in [0.15, 0.2) is 60.9 Å². The number of likely N-dealkylation sites (tertiary alicyclic amines) is 1. The standard InChI is InChI=1S/C29H30N6O4/c36-25-10-9-24(27(37)32-25)35-28(38)22-3-1-4-23(26(22)29(35)39)30-17-19-5-7-20(8-6-19)18-33-15-11-21(12-16-33)34-14-2-13-31-34/h1-8,13-14,21,24,30H,9-12,15-18H2,(H,32,36,37). The number of imide groups is 2. The summed E-state index contributed by atoms with van der Waals surface area (Å²) in [6, 6.07) is 15.0. The Morgan fingerprint density at radius 1 is 0.897 bits per heavy atom. The van der Waals surface area contributed by atoms with Crippen molar-refractivity contribution in [1.82, 2.24) is 24.9 Å². The second-order valence-electron chi connectivity index (χ2n) is 10.3. The molecule has 0 aliphatic carbocycles. The average Bonchev–Trinajstić information content (AvgIpc) is 3.57. The maximum absolute atomic E-state index is 13.3. The summed E-state index contributed by atoms with van der Waals surface area (Å²) in [5.41, 5.74) is 3.37. The third-order valence-electron chi connectivity index (χ3n) is 7.84. The predicted octanol–water partition coefficient (Wildman–Crippen LogP) is 2.73. The first-order chi connectivity index (χ1) is 19.0. The molecule has 0 saturated carbocycles. The summed E-state index contributed by atoms with van der Waals surface area (Å²) in [6.07, 6.45) is 6.28. The van der Waals surface area contributed by atoms with Crippen molar-refractivity contribution in [3.05, 3.63) is 83.2 Å². The lowest BCUT2D eigenvalue weighted by Gasteiger charge is -2.32. The van der Waals surface area contributed by atoms with Crippen LogP contribution in [0.3, 0.4) is 0 Å². The molecule has 4 heterocycles. The van der Waals surface area contributed by atoms with Gasteiger partial charge in [-0.25, -0.2) is 0 Å². The SMILES string of the molecule is O=C1CCC(N2C(=O)c3cccc(NCc4ccc(CN5CCC(n6cccn6)CC5)cc4)c3C2=O)C(=O)N1. The van der Waals surface area contributed by atoms with Gasteiger partial charge in [0.25, 0.3) is 11.8 Å². The van der Waals surface area contributed by atoms with Gasteiger partial charge in [0.15, 0.2) is 0 Å². The molecule has 0 bridgehead atoms. The minimum atomic E-state index is -0.980. The molecule has 1 aromatic heterocycles. The van der Waals surface area contributed by atoms with Crippen LogP contribution in [0.1, 0.15) is 63.6 Å². The van der Waals surface area contributed by atoms with Crippen LogP contribution < -0.4 is 10.6 Å². The van der Waals surface area contributed by atoms with Crippen molar-refractivity contribution < 1.29 is 19.2 Å². The Balaban J connectivity index is 1.07. The Bertz CT molecular complexity index is 1410. The maximum Gasteiger partial charge on any atom is 0.264 e. The van der Waals surface area contributed by atoms with Crippen molar-refractivity contribution in [2.75, 3.05) is 18.4 Å². The highest BCUT2D eigenvalue weighted by atomic mass is 16.2. The minimum absolute atomic E-state index is 0.0917. The topological polar surface area (TPSA) is 117 Å². The zero-order valence-electron chi connectivity index (χ0n) is 21.5. The molecule has 3 aliphatic rings. The smallest absolute Gasteiger partial charge is 0.264 e. The van der Waals surface area contributed by atoms with Crippen LogP contribution in [0.2, 0.25) is 0 Å². The molecule has 1 unspecified atom stereocenters. The number of fused-ring (bicyclic) bond motifs is 1. The van der Waals surface area contributed by atoms with Crippen LogP contribution in [0.4, 0.5) is 5.69 Å². The monoisotopic (exact) mass is 526 g/mol. The number of hydrogen-bond acceptors (Lipinski definition) is 7. The number of rotatable bonds is 7. The van der Waals surface area contributed by atoms with Crippen LogP contribution in [0.25, 0.3) is 0 Å². The highest BCUT2D eigenvalue weighted by molar-refractivity contribution is 6.25. The number of amides is 4. The van der Waals surface area contributed by atoms with Crippen molar-refractivity contribution in [1.29, 1.82) is 0 Å². The van der Waals surface area contributed by atoms with Crippen LogP contribution in [-0.4, -0.2) is 62.3 Å². The lowest BCUT2D eigenvalue weighted by atomic mass is 10.0. The Labute approximate surface area is 226 Å². The van der Waals surface area contributed by atoms with E-state index in [9.17, 15) is 19.2 Å². The second-order valence-corrected chi connectivity index (χ2v) is 10.3. The first-order valence-electron chi connectivity index (χ1n) is 13.4. The van der Waals surface area contributed by atoms with Gasteiger partial charge < -0.3 is 5.32 Å². The summed E-state index contributed by atoms with van der Waals surface area (Å²) < 4.78 is 2.07. The minimum Gasteiger partial charge on any atom is -0.380 e. The quantitative estimate of drug-likeness (QED) is 0.455. The largest absolute Gasteiger partial charge is 0.380 e. The third kappa shape index (κ3) is 4.95. The van der Waals surface area contributed by atoms with Crippen molar-refractivity contribution in [2.24, 2.45) is 0 Å². The molecule has 4 amide bonds. The van der Waals surface area contributed by atoms with Crippen molar-refractivity contribution in [3.63, 3.8) is 0 Å². The van der Waals surface area contributed by atoms with Gasteiger partial charge >= 0.3 is 0 Å². The van der Waals surface area contributed by atoms with Gasteiger partial charge in [-0.2, -0.15) is 5.10 Å². The molecule has 200 valence electrons. The molecule has 0 radical (unpaired) electrons. The summed E-state index contributed by atoms with van der Waals surface area (Å²) in [5, 5.41) is 9.91. The van der Waals surface area contributed by atoms with Crippen molar-refractivity contribution >= 4 is 29.3 Å². The van der Waals surface area contributed by atoms with Gasteiger partial charge in [0.1, 0.15) is 6.04 Å². The molecule has 2 aromatic carbocycles. The van der Waals surface area contributed by atoms with Crippen molar-refractivity contribution in [2.45, 2.75) is 50.9 Å². The number of nitrogens with zero attached hydrogens (tertiary/aromatic N) is 4. The Kier molecular flexibility index (Phi) is 6.70.